The number of carbonyl (C=O) groups is 1. The summed E-state index contributed by atoms with van der Waals surface area (Å²) < 4.78 is 36.4. The fourth-order valence-corrected chi connectivity index (χ4v) is 3.30. The van der Waals surface area contributed by atoms with Gasteiger partial charge < -0.3 is 5.11 Å². The van der Waals surface area contributed by atoms with Crippen molar-refractivity contribution in [2.45, 2.75) is 17.4 Å². The van der Waals surface area contributed by atoms with Gasteiger partial charge in [-0.15, -0.1) is 0 Å². The number of primary sulfonamides is 1. The first-order chi connectivity index (χ1) is 10.8. The van der Waals surface area contributed by atoms with Crippen LogP contribution < -0.4 is 5.14 Å². The molecule has 1 unspecified atom stereocenters. The highest BCUT2D eigenvalue weighted by molar-refractivity contribution is 7.89. The van der Waals surface area contributed by atoms with Crippen molar-refractivity contribution in [3.8, 4) is 0 Å². The second-order valence-corrected chi connectivity index (χ2v) is 6.82. The molecule has 3 rings (SSSR count). The fourth-order valence-electron chi connectivity index (χ4n) is 2.75. The molecule has 1 aliphatic carbocycles. The summed E-state index contributed by atoms with van der Waals surface area (Å²) in [5.41, 5.74) is 1.67. The molecule has 0 radical (unpaired) electrons. The summed E-state index contributed by atoms with van der Waals surface area (Å²) >= 11 is 0. The maximum absolute atomic E-state index is 13.5. The Morgan fingerprint density at radius 1 is 1.35 bits per heavy atom. The van der Waals surface area contributed by atoms with E-state index in [0.717, 1.165) is 4.90 Å². The van der Waals surface area contributed by atoms with Crippen LogP contribution in [0, 0.1) is 0 Å². The molecule has 1 atom stereocenters. The van der Waals surface area contributed by atoms with Gasteiger partial charge in [0.1, 0.15) is 5.83 Å². The van der Waals surface area contributed by atoms with Crippen LogP contribution in [0.25, 0.3) is 5.57 Å². The van der Waals surface area contributed by atoms with E-state index in [1.165, 1.54) is 36.6 Å². The molecule has 23 heavy (non-hydrogen) atoms. The Bertz CT molecular complexity index is 886. The van der Waals surface area contributed by atoms with Gasteiger partial charge in [0.25, 0.3) is 0 Å². The average molecular weight is 336 g/mol. The lowest BCUT2D eigenvalue weighted by Gasteiger charge is -2.23. The minimum Gasteiger partial charge on any atom is -0.465 e. The van der Waals surface area contributed by atoms with Crippen molar-refractivity contribution < 1.29 is 22.7 Å². The lowest BCUT2D eigenvalue weighted by atomic mass is 9.91. The van der Waals surface area contributed by atoms with Gasteiger partial charge in [0.15, 0.2) is 0 Å². The normalized spacial score (nSPS) is 20.5. The minimum absolute atomic E-state index is 0.0486. The van der Waals surface area contributed by atoms with Crippen LogP contribution in [0.3, 0.4) is 0 Å². The zero-order valence-corrected chi connectivity index (χ0v) is 12.6. The number of hydrogen-bond donors (Lipinski definition) is 2. The first kappa shape index (κ1) is 15.4. The maximum atomic E-state index is 13.5. The first-order valence-electron chi connectivity index (χ1n) is 6.70. The van der Waals surface area contributed by atoms with E-state index in [1.807, 2.05) is 0 Å². The molecular weight excluding hydrogens is 323 g/mol. The number of fused-ring (bicyclic) bond motifs is 1. The molecule has 3 N–H and O–H groups in total. The number of benzene rings is 1. The van der Waals surface area contributed by atoms with Gasteiger partial charge in [0.2, 0.25) is 10.0 Å². The smallest absolute Gasteiger partial charge is 0.411 e. The highest BCUT2D eigenvalue weighted by atomic mass is 32.2. The highest BCUT2D eigenvalue weighted by Crippen LogP contribution is 2.40. The molecule has 1 amide bonds. The number of amides is 1. The predicted octanol–water partition coefficient (Wildman–Crippen LogP) is 2.22. The highest BCUT2D eigenvalue weighted by Gasteiger charge is 2.36. The third-order valence-corrected chi connectivity index (χ3v) is 4.71. The van der Waals surface area contributed by atoms with Gasteiger partial charge in [0.05, 0.1) is 10.9 Å². The molecule has 2 aliphatic rings. The molecule has 1 aromatic carbocycles. The summed E-state index contributed by atoms with van der Waals surface area (Å²) in [6.45, 7) is 0. The van der Waals surface area contributed by atoms with Crippen molar-refractivity contribution in [2.24, 2.45) is 5.14 Å². The van der Waals surface area contributed by atoms with Crippen LogP contribution in [0.15, 0.2) is 58.9 Å². The van der Waals surface area contributed by atoms with E-state index in [9.17, 15) is 22.7 Å². The Hall–Kier alpha value is -2.45. The number of nitrogens with two attached hydrogens (primary N) is 1. The summed E-state index contributed by atoms with van der Waals surface area (Å²) in [6, 6.07) is 5.26. The van der Waals surface area contributed by atoms with Crippen LogP contribution in [-0.4, -0.2) is 30.6 Å². The number of rotatable bonds is 2. The molecule has 0 saturated carbocycles. The van der Waals surface area contributed by atoms with Gasteiger partial charge in [0, 0.05) is 18.2 Å². The Morgan fingerprint density at radius 2 is 2.09 bits per heavy atom. The molecule has 0 spiro atoms. The molecule has 1 heterocycles. The monoisotopic (exact) mass is 336 g/mol. The van der Waals surface area contributed by atoms with E-state index < -0.39 is 28.0 Å². The fraction of sp³-hybridized carbons (Fsp3) is 0.133. The number of allylic oxidation sites excluding steroid dienone is 2. The second-order valence-electron chi connectivity index (χ2n) is 5.26. The van der Waals surface area contributed by atoms with E-state index in [0.29, 0.717) is 16.7 Å². The van der Waals surface area contributed by atoms with Crippen molar-refractivity contribution in [3.63, 3.8) is 0 Å². The molecule has 0 saturated heterocycles. The van der Waals surface area contributed by atoms with Gasteiger partial charge >= 0.3 is 6.09 Å². The molecule has 0 bridgehead atoms. The van der Waals surface area contributed by atoms with Gasteiger partial charge in [-0.2, -0.15) is 0 Å². The summed E-state index contributed by atoms with van der Waals surface area (Å²) in [7, 11) is -3.87. The number of halogens is 1. The number of nitrogens with zero attached hydrogens (tertiary/aromatic N) is 1. The van der Waals surface area contributed by atoms with E-state index in [2.05, 4.69) is 0 Å². The first-order valence-corrected chi connectivity index (χ1v) is 8.25. The molecule has 1 aromatic rings. The third kappa shape index (κ3) is 2.78. The van der Waals surface area contributed by atoms with Crippen LogP contribution in [-0.2, 0) is 10.0 Å². The largest absolute Gasteiger partial charge is 0.465 e. The van der Waals surface area contributed by atoms with E-state index in [1.54, 1.807) is 6.07 Å². The Balaban J connectivity index is 2.11. The van der Waals surface area contributed by atoms with Gasteiger partial charge in [-0.3, -0.25) is 4.90 Å². The van der Waals surface area contributed by atoms with Crippen molar-refractivity contribution in [3.05, 3.63) is 59.6 Å². The quantitative estimate of drug-likeness (QED) is 0.864. The van der Waals surface area contributed by atoms with Crippen LogP contribution in [0.2, 0.25) is 0 Å². The molecule has 8 heteroatoms. The molecule has 0 fully saturated rings. The Kier molecular flexibility index (Phi) is 3.57. The van der Waals surface area contributed by atoms with Crippen molar-refractivity contribution in [2.75, 3.05) is 0 Å². The molecular formula is C15H13FN2O4S. The van der Waals surface area contributed by atoms with Crippen molar-refractivity contribution >= 4 is 21.7 Å². The standard InChI is InChI=1S/C15H13FN2O4S/c16-10-4-5-12-13(8-18(15(19)20)14(12)7-10)9-2-1-3-11(6-9)23(17,21)22/h1-6,8,14H,7H2,(H,19,20)(H2,17,21,22). The van der Waals surface area contributed by atoms with Gasteiger partial charge in [-0.1, -0.05) is 18.2 Å². The van der Waals surface area contributed by atoms with E-state index in [4.69, 9.17) is 5.14 Å². The van der Waals surface area contributed by atoms with Gasteiger partial charge in [-0.25, -0.2) is 22.7 Å². The van der Waals surface area contributed by atoms with Gasteiger partial charge in [-0.05, 0) is 29.3 Å². The summed E-state index contributed by atoms with van der Waals surface area (Å²) in [5.74, 6) is -0.405. The van der Waals surface area contributed by atoms with Crippen LogP contribution >= 0.6 is 0 Å². The molecule has 6 nitrogen and oxygen atoms in total. The van der Waals surface area contributed by atoms with Crippen molar-refractivity contribution in [1.29, 1.82) is 0 Å². The number of carboxylic acid groups (broad SMARTS) is 1. The van der Waals surface area contributed by atoms with Crippen LogP contribution in [0.5, 0.6) is 0 Å². The lowest BCUT2D eigenvalue weighted by molar-refractivity contribution is 0.155. The van der Waals surface area contributed by atoms with Crippen LogP contribution in [0.4, 0.5) is 9.18 Å². The number of sulfonamides is 1. The van der Waals surface area contributed by atoms with E-state index >= 15 is 0 Å². The summed E-state index contributed by atoms with van der Waals surface area (Å²) in [6.07, 6.45) is 2.94. The summed E-state index contributed by atoms with van der Waals surface area (Å²) in [5, 5.41) is 14.4. The van der Waals surface area contributed by atoms with Crippen molar-refractivity contribution in [1.82, 2.24) is 4.90 Å². The zero-order chi connectivity index (χ0) is 16.8. The third-order valence-electron chi connectivity index (χ3n) is 3.80. The predicted molar refractivity (Wildman–Crippen MR) is 81.3 cm³/mol. The molecule has 1 aliphatic heterocycles. The zero-order valence-electron chi connectivity index (χ0n) is 11.8. The Morgan fingerprint density at radius 3 is 2.74 bits per heavy atom. The SMILES string of the molecule is NS(=O)(=O)c1cccc(C2=CN(C(=O)O)C3CC(F)=CC=C23)c1. The van der Waals surface area contributed by atoms with Crippen LogP contribution in [0.1, 0.15) is 12.0 Å². The maximum Gasteiger partial charge on any atom is 0.411 e. The Labute approximate surface area is 132 Å². The summed E-state index contributed by atoms with van der Waals surface area (Å²) in [4.78, 5) is 12.3. The van der Waals surface area contributed by atoms with E-state index in [-0.39, 0.29) is 11.3 Å². The lowest BCUT2D eigenvalue weighted by Crippen LogP contribution is -2.33. The number of hydrogen-bond acceptors (Lipinski definition) is 3. The topological polar surface area (TPSA) is 101 Å². The molecule has 120 valence electrons. The average Bonchev–Trinajstić information content (AvgIpc) is 2.85. The minimum atomic E-state index is -3.87. The molecule has 0 aromatic heterocycles. The second kappa shape index (κ2) is 5.32.